The van der Waals surface area contributed by atoms with Crippen LogP contribution in [0.1, 0.15) is 16.7 Å². The van der Waals surface area contributed by atoms with E-state index in [-0.39, 0.29) is 6.61 Å². The molecule has 1 aliphatic heterocycles. The first-order valence-electron chi connectivity index (χ1n) is 10.0. The Morgan fingerprint density at radius 3 is 1.53 bits per heavy atom. The molecule has 4 atom stereocenters. The standard InChI is InChI=1S/C25H26O5/c1-28-24-23(27)22(26)21(30-24)17-29-25(18-11-5-2-6-12-18,19-13-7-3-8-14-19)20-15-9-4-10-16-20/h2-16,21-24,26-27H,17H2,1H3/t21-,22-,23+,24-/m1/s1. The van der Waals surface area contributed by atoms with Gasteiger partial charge in [-0.3, -0.25) is 0 Å². The zero-order valence-corrected chi connectivity index (χ0v) is 16.8. The molecule has 1 fully saturated rings. The van der Waals surface area contributed by atoms with Crippen molar-refractivity contribution in [1.82, 2.24) is 0 Å². The first kappa shape index (κ1) is 20.7. The van der Waals surface area contributed by atoms with Crippen LogP contribution in [-0.4, -0.2) is 48.5 Å². The molecule has 156 valence electrons. The highest BCUT2D eigenvalue weighted by atomic mass is 16.7. The molecular weight excluding hydrogens is 380 g/mol. The van der Waals surface area contributed by atoms with Gasteiger partial charge in [0.25, 0.3) is 0 Å². The summed E-state index contributed by atoms with van der Waals surface area (Å²) in [4.78, 5) is 0. The zero-order valence-electron chi connectivity index (χ0n) is 16.8. The predicted octanol–water partition coefficient (Wildman–Crippen LogP) is 3.09. The zero-order chi connectivity index (χ0) is 21.0. The van der Waals surface area contributed by atoms with Crippen molar-refractivity contribution in [3.05, 3.63) is 108 Å². The highest BCUT2D eigenvalue weighted by molar-refractivity contribution is 5.47. The summed E-state index contributed by atoms with van der Waals surface area (Å²) < 4.78 is 17.4. The molecule has 4 rings (SSSR count). The van der Waals surface area contributed by atoms with E-state index in [4.69, 9.17) is 14.2 Å². The Labute approximate surface area is 176 Å². The summed E-state index contributed by atoms with van der Waals surface area (Å²) in [6.07, 6.45) is -3.83. The van der Waals surface area contributed by atoms with E-state index < -0.39 is 30.2 Å². The lowest BCUT2D eigenvalue weighted by Crippen LogP contribution is -2.39. The third kappa shape index (κ3) is 3.78. The molecule has 0 radical (unpaired) electrons. The Morgan fingerprint density at radius 1 is 0.733 bits per heavy atom. The summed E-state index contributed by atoms with van der Waals surface area (Å²) in [5, 5.41) is 20.6. The maximum Gasteiger partial charge on any atom is 0.186 e. The van der Waals surface area contributed by atoms with Gasteiger partial charge in [0.1, 0.15) is 23.9 Å². The fourth-order valence-corrected chi connectivity index (χ4v) is 4.02. The lowest BCUT2D eigenvalue weighted by molar-refractivity contribution is -0.162. The van der Waals surface area contributed by atoms with E-state index in [1.807, 2.05) is 91.0 Å². The van der Waals surface area contributed by atoms with Gasteiger partial charge < -0.3 is 24.4 Å². The SMILES string of the molecule is CO[C@@H]1O[C@H](COC(c2ccccc2)(c2ccccc2)c2ccccc2)[C@@H](O)[C@@H]1O. The number of methoxy groups -OCH3 is 1. The van der Waals surface area contributed by atoms with Gasteiger partial charge in [0.15, 0.2) is 6.29 Å². The molecule has 0 aliphatic carbocycles. The average molecular weight is 406 g/mol. The number of ether oxygens (including phenoxy) is 3. The molecule has 3 aromatic rings. The summed E-state index contributed by atoms with van der Waals surface area (Å²) in [5.41, 5.74) is 1.96. The molecule has 0 unspecified atom stereocenters. The highest BCUT2D eigenvalue weighted by Crippen LogP contribution is 2.41. The van der Waals surface area contributed by atoms with E-state index in [1.165, 1.54) is 7.11 Å². The van der Waals surface area contributed by atoms with Crippen molar-refractivity contribution in [2.75, 3.05) is 13.7 Å². The third-order valence-corrected chi connectivity index (χ3v) is 5.56. The molecule has 0 amide bonds. The van der Waals surface area contributed by atoms with Crippen LogP contribution in [0.2, 0.25) is 0 Å². The first-order chi connectivity index (χ1) is 14.7. The van der Waals surface area contributed by atoms with Gasteiger partial charge in [-0.15, -0.1) is 0 Å². The van der Waals surface area contributed by atoms with E-state index in [1.54, 1.807) is 0 Å². The van der Waals surface area contributed by atoms with Crippen molar-refractivity contribution >= 4 is 0 Å². The number of aliphatic hydroxyl groups is 2. The average Bonchev–Trinajstić information content (AvgIpc) is 3.09. The summed E-state index contributed by atoms with van der Waals surface area (Å²) in [6.45, 7) is 0.0662. The number of aliphatic hydroxyl groups excluding tert-OH is 2. The summed E-state index contributed by atoms with van der Waals surface area (Å²) in [7, 11) is 1.44. The van der Waals surface area contributed by atoms with E-state index in [0.29, 0.717) is 0 Å². The Balaban J connectivity index is 1.78. The molecule has 0 aromatic heterocycles. The minimum absolute atomic E-state index is 0.0662. The van der Waals surface area contributed by atoms with Crippen molar-refractivity contribution < 1.29 is 24.4 Å². The van der Waals surface area contributed by atoms with Crippen LogP contribution in [0.3, 0.4) is 0 Å². The summed E-state index contributed by atoms with van der Waals surface area (Å²) in [5.74, 6) is 0. The van der Waals surface area contributed by atoms with Crippen molar-refractivity contribution in [3.8, 4) is 0 Å². The molecule has 1 heterocycles. The van der Waals surface area contributed by atoms with Gasteiger partial charge in [0.05, 0.1) is 6.61 Å². The first-order valence-corrected chi connectivity index (χ1v) is 10.0. The minimum Gasteiger partial charge on any atom is -0.387 e. The minimum atomic E-state index is -1.12. The Hall–Kier alpha value is -2.54. The van der Waals surface area contributed by atoms with Crippen LogP contribution >= 0.6 is 0 Å². The quantitative estimate of drug-likeness (QED) is 0.590. The molecule has 0 bridgehead atoms. The maximum atomic E-state index is 10.4. The second-order valence-electron chi connectivity index (χ2n) is 7.35. The van der Waals surface area contributed by atoms with Gasteiger partial charge in [-0.05, 0) is 16.7 Å². The topological polar surface area (TPSA) is 68.2 Å². The number of hydrogen-bond donors (Lipinski definition) is 2. The molecule has 30 heavy (non-hydrogen) atoms. The fourth-order valence-electron chi connectivity index (χ4n) is 4.02. The van der Waals surface area contributed by atoms with Crippen LogP contribution in [0, 0.1) is 0 Å². The van der Waals surface area contributed by atoms with Crippen LogP contribution in [0.5, 0.6) is 0 Å². The van der Waals surface area contributed by atoms with Crippen LogP contribution in [-0.2, 0) is 19.8 Å². The molecule has 3 aromatic carbocycles. The largest absolute Gasteiger partial charge is 0.387 e. The molecule has 5 nitrogen and oxygen atoms in total. The summed E-state index contributed by atoms with van der Waals surface area (Å²) >= 11 is 0. The Kier molecular flexibility index (Phi) is 6.27. The Morgan fingerprint density at radius 2 is 1.17 bits per heavy atom. The normalized spacial score (nSPS) is 24.1. The monoisotopic (exact) mass is 406 g/mol. The van der Waals surface area contributed by atoms with E-state index in [2.05, 4.69) is 0 Å². The summed E-state index contributed by atoms with van der Waals surface area (Å²) in [6, 6.07) is 29.9. The molecule has 0 saturated carbocycles. The predicted molar refractivity (Wildman–Crippen MR) is 113 cm³/mol. The molecule has 0 spiro atoms. The molecule has 5 heteroatoms. The number of rotatable bonds is 7. The van der Waals surface area contributed by atoms with Gasteiger partial charge in [0.2, 0.25) is 0 Å². The van der Waals surface area contributed by atoms with Gasteiger partial charge >= 0.3 is 0 Å². The van der Waals surface area contributed by atoms with E-state index in [0.717, 1.165) is 16.7 Å². The van der Waals surface area contributed by atoms with Crippen molar-refractivity contribution in [3.63, 3.8) is 0 Å². The van der Waals surface area contributed by atoms with Crippen molar-refractivity contribution in [2.24, 2.45) is 0 Å². The number of benzene rings is 3. The molecule has 1 aliphatic rings. The number of hydrogen-bond acceptors (Lipinski definition) is 5. The van der Waals surface area contributed by atoms with Gasteiger partial charge in [-0.2, -0.15) is 0 Å². The lowest BCUT2D eigenvalue weighted by atomic mass is 9.80. The molecule has 1 saturated heterocycles. The highest BCUT2D eigenvalue weighted by Gasteiger charge is 2.45. The van der Waals surface area contributed by atoms with Gasteiger partial charge in [-0.1, -0.05) is 91.0 Å². The fraction of sp³-hybridized carbons (Fsp3) is 0.280. The van der Waals surface area contributed by atoms with Crippen molar-refractivity contribution in [2.45, 2.75) is 30.2 Å². The van der Waals surface area contributed by atoms with Crippen molar-refractivity contribution in [1.29, 1.82) is 0 Å². The van der Waals surface area contributed by atoms with Crippen LogP contribution in [0.25, 0.3) is 0 Å². The maximum absolute atomic E-state index is 10.4. The van der Waals surface area contributed by atoms with E-state index in [9.17, 15) is 10.2 Å². The second-order valence-corrected chi connectivity index (χ2v) is 7.35. The van der Waals surface area contributed by atoms with Gasteiger partial charge in [-0.25, -0.2) is 0 Å². The van der Waals surface area contributed by atoms with Gasteiger partial charge in [0, 0.05) is 7.11 Å². The Bertz CT molecular complexity index is 819. The molecular formula is C25H26O5. The van der Waals surface area contributed by atoms with Crippen LogP contribution in [0.15, 0.2) is 91.0 Å². The van der Waals surface area contributed by atoms with E-state index >= 15 is 0 Å². The smallest absolute Gasteiger partial charge is 0.186 e. The van der Waals surface area contributed by atoms with Crippen LogP contribution < -0.4 is 0 Å². The molecule has 2 N–H and O–H groups in total. The van der Waals surface area contributed by atoms with Crippen LogP contribution in [0.4, 0.5) is 0 Å². The second kappa shape index (κ2) is 9.08. The lowest BCUT2D eigenvalue weighted by Gasteiger charge is -2.37. The third-order valence-electron chi connectivity index (χ3n) is 5.56.